The first-order valence-corrected chi connectivity index (χ1v) is 6.90. The van der Waals surface area contributed by atoms with E-state index in [1.165, 1.54) is 0 Å². The van der Waals surface area contributed by atoms with E-state index in [2.05, 4.69) is 0 Å². The molecule has 2 N–H and O–H groups in total. The van der Waals surface area contributed by atoms with Gasteiger partial charge >= 0.3 is 0 Å². The number of hydrogen-bond acceptors (Lipinski definition) is 2. The molecule has 3 rings (SSSR count). The monoisotopic (exact) mass is 280 g/mol. The highest BCUT2D eigenvalue weighted by Gasteiger charge is 2.51. The molecule has 2 aromatic carbocycles. The topological polar surface area (TPSA) is 63.4 Å². The summed E-state index contributed by atoms with van der Waals surface area (Å²) in [6, 6.07) is 18.5. The van der Waals surface area contributed by atoms with E-state index in [9.17, 15) is 9.59 Å². The van der Waals surface area contributed by atoms with Crippen molar-refractivity contribution in [1.82, 2.24) is 0 Å². The van der Waals surface area contributed by atoms with Crippen LogP contribution in [0.5, 0.6) is 0 Å². The van der Waals surface area contributed by atoms with Gasteiger partial charge in [-0.25, -0.2) is 0 Å². The van der Waals surface area contributed by atoms with Gasteiger partial charge in [-0.15, -0.1) is 0 Å². The first-order chi connectivity index (χ1) is 10.2. The minimum atomic E-state index is -1.10. The van der Waals surface area contributed by atoms with Gasteiger partial charge in [-0.05, 0) is 24.1 Å². The molecule has 0 spiro atoms. The van der Waals surface area contributed by atoms with E-state index < -0.39 is 11.4 Å². The summed E-state index contributed by atoms with van der Waals surface area (Å²) in [7, 11) is 0. The van der Waals surface area contributed by atoms with Gasteiger partial charge in [0.25, 0.3) is 0 Å². The third kappa shape index (κ3) is 2.00. The van der Waals surface area contributed by atoms with Gasteiger partial charge < -0.3 is 5.73 Å². The Kier molecular flexibility index (Phi) is 3.22. The Morgan fingerprint density at radius 3 is 2.14 bits per heavy atom. The number of carbonyl (C=O) groups is 2. The van der Waals surface area contributed by atoms with E-state index in [1.807, 2.05) is 60.7 Å². The van der Waals surface area contributed by atoms with Crippen LogP contribution in [-0.2, 0) is 15.1 Å². The van der Waals surface area contributed by atoms with Crippen molar-refractivity contribution < 1.29 is 9.59 Å². The average molecular weight is 280 g/mol. The Labute approximate surface area is 123 Å². The quantitative estimate of drug-likeness (QED) is 0.936. The zero-order chi connectivity index (χ0) is 14.9. The maximum atomic E-state index is 12.4. The van der Waals surface area contributed by atoms with E-state index in [0.717, 1.165) is 5.56 Å². The predicted molar refractivity (Wildman–Crippen MR) is 80.5 cm³/mol. The van der Waals surface area contributed by atoms with Crippen LogP contribution in [0.15, 0.2) is 60.7 Å². The molecule has 1 aliphatic heterocycles. The van der Waals surface area contributed by atoms with Crippen molar-refractivity contribution in [2.24, 2.45) is 5.73 Å². The molecule has 0 aliphatic carbocycles. The summed E-state index contributed by atoms with van der Waals surface area (Å²) in [4.78, 5) is 26.2. The summed E-state index contributed by atoms with van der Waals surface area (Å²) >= 11 is 0. The molecule has 0 radical (unpaired) electrons. The lowest BCUT2D eigenvalue weighted by Crippen LogP contribution is -2.52. The highest BCUT2D eigenvalue weighted by molar-refractivity contribution is 6.06. The van der Waals surface area contributed by atoms with E-state index >= 15 is 0 Å². The first kappa shape index (κ1) is 13.4. The minimum Gasteiger partial charge on any atom is -0.367 e. The Morgan fingerprint density at radius 1 is 1.00 bits per heavy atom. The smallest absolute Gasteiger partial charge is 0.248 e. The van der Waals surface area contributed by atoms with Gasteiger partial charge in [0.05, 0.1) is 0 Å². The molecule has 1 saturated heterocycles. The number of hydrogen-bond donors (Lipinski definition) is 1. The Bertz CT molecular complexity index is 670. The van der Waals surface area contributed by atoms with Crippen LogP contribution in [-0.4, -0.2) is 11.8 Å². The number of carbonyl (C=O) groups excluding carboxylic acids is 2. The van der Waals surface area contributed by atoms with Gasteiger partial charge in [0.1, 0.15) is 0 Å². The molecular weight excluding hydrogens is 264 g/mol. The second-order valence-corrected chi connectivity index (χ2v) is 5.16. The standard InChI is InChI=1S/C17H16N2O2/c18-16(21)17(13-7-3-1-4-8-13)12-11-15(20)19(17)14-9-5-2-6-10-14/h1-10H,11-12H2,(H2,18,21)/t17-/m0/s1. The van der Waals surface area contributed by atoms with E-state index in [1.54, 1.807) is 4.90 Å². The normalized spacial score (nSPS) is 21.5. The molecule has 0 saturated carbocycles. The van der Waals surface area contributed by atoms with Crippen LogP contribution in [0.1, 0.15) is 18.4 Å². The zero-order valence-corrected chi connectivity index (χ0v) is 11.5. The number of para-hydroxylation sites is 1. The fourth-order valence-corrected chi connectivity index (χ4v) is 3.03. The average Bonchev–Trinajstić information content (AvgIpc) is 2.87. The van der Waals surface area contributed by atoms with E-state index in [4.69, 9.17) is 5.73 Å². The molecule has 106 valence electrons. The Hall–Kier alpha value is -2.62. The molecule has 4 heteroatoms. The number of amides is 2. The van der Waals surface area contributed by atoms with Crippen molar-refractivity contribution in [1.29, 1.82) is 0 Å². The lowest BCUT2D eigenvalue weighted by Gasteiger charge is -2.36. The van der Waals surface area contributed by atoms with Crippen molar-refractivity contribution >= 4 is 17.5 Å². The number of anilines is 1. The number of primary amides is 1. The van der Waals surface area contributed by atoms with Crippen LogP contribution in [0.3, 0.4) is 0 Å². The van der Waals surface area contributed by atoms with Crippen molar-refractivity contribution in [2.45, 2.75) is 18.4 Å². The van der Waals surface area contributed by atoms with Crippen LogP contribution >= 0.6 is 0 Å². The summed E-state index contributed by atoms with van der Waals surface area (Å²) in [6.45, 7) is 0. The summed E-state index contributed by atoms with van der Waals surface area (Å²) < 4.78 is 0. The van der Waals surface area contributed by atoms with Crippen LogP contribution in [0.2, 0.25) is 0 Å². The molecule has 2 amide bonds. The van der Waals surface area contributed by atoms with Gasteiger partial charge in [0.15, 0.2) is 5.54 Å². The SMILES string of the molecule is NC(=O)[C@@]1(c2ccccc2)CCC(=O)N1c1ccccc1. The van der Waals surface area contributed by atoms with Gasteiger partial charge in [0, 0.05) is 12.1 Å². The van der Waals surface area contributed by atoms with Crippen molar-refractivity contribution in [2.75, 3.05) is 4.90 Å². The fourth-order valence-electron chi connectivity index (χ4n) is 3.03. The molecule has 1 atom stereocenters. The second-order valence-electron chi connectivity index (χ2n) is 5.16. The van der Waals surface area contributed by atoms with E-state index in [-0.39, 0.29) is 5.91 Å². The number of benzene rings is 2. The zero-order valence-electron chi connectivity index (χ0n) is 11.5. The highest BCUT2D eigenvalue weighted by Crippen LogP contribution is 2.42. The molecular formula is C17H16N2O2. The van der Waals surface area contributed by atoms with Crippen molar-refractivity contribution in [3.63, 3.8) is 0 Å². The molecule has 0 aromatic heterocycles. The van der Waals surface area contributed by atoms with Crippen LogP contribution in [0.25, 0.3) is 0 Å². The molecule has 21 heavy (non-hydrogen) atoms. The van der Waals surface area contributed by atoms with Gasteiger partial charge in [-0.2, -0.15) is 0 Å². The lowest BCUT2D eigenvalue weighted by atomic mass is 9.86. The van der Waals surface area contributed by atoms with Crippen LogP contribution < -0.4 is 10.6 Å². The Balaban J connectivity index is 2.20. The third-order valence-electron chi connectivity index (χ3n) is 4.01. The molecule has 0 unspecified atom stereocenters. The summed E-state index contributed by atoms with van der Waals surface area (Å²) in [5.74, 6) is -0.577. The Morgan fingerprint density at radius 2 is 1.57 bits per heavy atom. The number of rotatable bonds is 3. The molecule has 1 fully saturated rings. The highest BCUT2D eigenvalue weighted by atomic mass is 16.2. The maximum Gasteiger partial charge on any atom is 0.248 e. The molecule has 2 aromatic rings. The molecule has 1 heterocycles. The number of nitrogens with zero attached hydrogens (tertiary/aromatic N) is 1. The van der Waals surface area contributed by atoms with Gasteiger partial charge in [-0.3, -0.25) is 14.5 Å². The summed E-state index contributed by atoms with van der Waals surface area (Å²) in [6.07, 6.45) is 0.715. The third-order valence-corrected chi connectivity index (χ3v) is 4.01. The van der Waals surface area contributed by atoms with E-state index in [0.29, 0.717) is 18.5 Å². The molecule has 0 bridgehead atoms. The molecule has 4 nitrogen and oxygen atoms in total. The first-order valence-electron chi connectivity index (χ1n) is 6.90. The summed E-state index contributed by atoms with van der Waals surface area (Å²) in [5, 5.41) is 0. The second kappa shape index (κ2) is 5.05. The minimum absolute atomic E-state index is 0.0798. The number of nitrogens with two attached hydrogens (primary N) is 1. The summed E-state index contributed by atoms with van der Waals surface area (Å²) in [5.41, 5.74) is 6.08. The largest absolute Gasteiger partial charge is 0.367 e. The van der Waals surface area contributed by atoms with Gasteiger partial charge in [0.2, 0.25) is 11.8 Å². The maximum absolute atomic E-state index is 12.4. The predicted octanol–water partition coefficient (Wildman–Crippen LogP) is 2.19. The van der Waals surface area contributed by atoms with Crippen LogP contribution in [0.4, 0.5) is 5.69 Å². The van der Waals surface area contributed by atoms with Crippen LogP contribution in [0, 0.1) is 0 Å². The molecule has 1 aliphatic rings. The lowest BCUT2D eigenvalue weighted by molar-refractivity contribution is -0.125. The van der Waals surface area contributed by atoms with Gasteiger partial charge in [-0.1, -0.05) is 48.5 Å². The fraction of sp³-hybridized carbons (Fsp3) is 0.176. The van der Waals surface area contributed by atoms with Crippen molar-refractivity contribution in [3.8, 4) is 0 Å². The van der Waals surface area contributed by atoms with Crippen molar-refractivity contribution in [3.05, 3.63) is 66.2 Å².